The highest BCUT2D eigenvalue weighted by Gasteiger charge is 2.46. The zero-order chi connectivity index (χ0) is 39.6. The summed E-state index contributed by atoms with van der Waals surface area (Å²) in [4.78, 5) is 2.45. The maximum absolute atomic E-state index is 6.50. The highest BCUT2D eigenvalue weighted by molar-refractivity contribution is 6.09. The van der Waals surface area contributed by atoms with Crippen molar-refractivity contribution < 1.29 is 4.42 Å². The van der Waals surface area contributed by atoms with Crippen LogP contribution in [0.1, 0.15) is 39.8 Å². The van der Waals surface area contributed by atoms with E-state index >= 15 is 0 Å². The summed E-state index contributed by atoms with van der Waals surface area (Å²) in [5.41, 5.74) is 19.5. The first-order valence-electron chi connectivity index (χ1n) is 20.8. The fraction of sp³-hybridized carbons (Fsp3) is 0.0345. The summed E-state index contributed by atoms with van der Waals surface area (Å²) in [5, 5.41) is 2.27. The van der Waals surface area contributed by atoms with Crippen LogP contribution < -0.4 is 4.90 Å². The van der Waals surface area contributed by atoms with E-state index in [9.17, 15) is 0 Å². The summed E-state index contributed by atoms with van der Waals surface area (Å²) in [6.45, 7) is 0. The maximum Gasteiger partial charge on any atom is 0.143 e. The van der Waals surface area contributed by atoms with Crippen LogP contribution in [-0.4, -0.2) is 0 Å². The fourth-order valence-electron chi connectivity index (χ4n) is 10.1. The van der Waals surface area contributed by atoms with Crippen LogP contribution in [0.2, 0.25) is 0 Å². The van der Waals surface area contributed by atoms with E-state index < -0.39 is 5.41 Å². The van der Waals surface area contributed by atoms with Crippen LogP contribution in [0.15, 0.2) is 234 Å². The molecule has 8 aromatic carbocycles. The molecule has 3 aliphatic rings. The molecule has 0 saturated heterocycles. The molecule has 0 fully saturated rings. The molecule has 1 aromatic heterocycles. The molecular weight excluding hydrogens is 727 g/mol. The second-order valence-corrected chi connectivity index (χ2v) is 16.0. The lowest BCUT2D eigenvalue weighted by Crippen LogP contribution is -2.28. The Labute approximate surface area is 350 Å². The Bertz CT molecular complexity index is 3230. The van der Waals surface area contributed by atoms with E-state index in [1.165, 1.54) is 55.7 Å². The van der Waals surface area contributed by atoms with Crippen LogP contribution >= 0.6 is 0 Å². The van der Waals surface area contributed by atoms with Gasteiger partial charge in [0.2, 0.25) is 0 Å². The smallest absolute Gasteiger partial charge is 0.143 e. The van der Waals surface area contributed by atoms with Gasteiger partial charge in [0.05, 0.1) is 5.41 Å². The van der Waals surface area contributed by atoms with Crippen LogP contribution in [0.5, 0.6) is 0 Å². The van der Waals surface area contributed by atoms with E-state index in [2.05, 4.69) is 223 Å². The van der Waals surface area contributed by atoms with Gasteiger partial charge in [0, 0.05) is 33.4 Å². The molecule has 282 valence electrons. The highest BCUT2D eigenvalue weighted by Crippen LogP contribution is 2.57. The van der Waals surface area contributed by atoms with Crippen LogP contribution in [0.3, 0.4) is 0 Å². The Kier molecular flexibility index (Phi) is 7.86. The van der Waals surface area contributed by atoms with Crippen molar-refractivity contribution in [3.05, 3.63) is 263 Å². The van der Waals surface area contributed by atoms with Crippen LogP contribution in [0, 0.1) is 0 Å². The Hall–Kier alpha value is -7.68. The number of nitrogens with zero attached hydrogens (tertiary/aromatic N) is 1. The molecule has 9 aromatic rings. The van der Waals surface area contributed by atoms with E-state index in [4.69, 9.17) is 4.42 Å². The third kappa shape index (κ3) is 5.28. The zero-order valence-corrected chi connectivity index (χ0v) is 32.9. The summed E-state index contributed by atoms with van der Waals surface area (Å²) in [6, 6.07) is 70.8. The summed E-state index contributed by atoms with van der Waals surface area (Å²) < 4.78 is 6.50. The molecule has 0 saturated carbocycles. The van der Waals surface area contributed by atoms with Crippen molar-refractivity contribution in [1.82, 2.24) is 0 Å². The van der Waals surface area contributed by atoms with Crippen molar-refractivity contribution >= 4 is 45.0 Å². The van der Waals surface area contributed by atoms with Crippen molar-refractivity contribution in [2.24, 2.45) is 0 Å². The van der Waals surface area contributed by atoms with Crippen LogP contribution in [0.4, 0.5) is 11.4 Å². The highest BCUT2D eigenvalue weighted by atomic mass is 16.3. The molecule has 0 radical (unpaired) electrons. The SMILES string of the molecule is C1=Cc2ccccc2C2=CC(N(c3ccc(-c4cccc5c4oc4ccccc45)cc3)c3ccc4c(c3)C(c3ccccc3)(c3ccccc3)c3ccccc3-4)=CC=C1C2. The molecule has 12 rings (SSSR count). The molecule has 1 heterocycles. The summed E-state index contributed by atoms with van der Waals surface area (Å²) in [5.74, 6) is 0. The second kappa shape index (κ2) is 13.7. The Morgan fingerprint density at radius 2 is 1.12 bits per heavy atom. The van der Waals surface area contributed by atoms with E-state index in [1.54, 1.807) is 0 Å². The number of furan rings is 1. The molecular formula is C58H39NO. The van der Waals surface area contributed by atoms with Crippen molar-refractivity contribution in [3.63, 3.8) is 0 Å². The van der Waals surface area contributed by atoms with Gasteiger partial charge in [0.25, 0.3) is 0 Å². The number of allylic oxidation sites excluding steroid dienone is 6. The minimum atomic E-state index is -0.512. The quantitative estimate of drug-likeness (QED) is 0.168. The minimum Gasteiger partial charge on any atom is -0.455 e. The third-order valence-corrected chi connectivity index (χ3v) is 12.8. The van der Waals surface area contributed by atoms with Gasteiger partial charge in [-0.05, 0) is 110 Å². The third-order valence-electron chi connectivity index (χ3n) is 12.8. The molecule has 2 heteroatoms. The molecule has 2 nitrogen and oxygen atoms in total. The summed E-state index contributed by atoms with van der Waals surface area (Å²) in [6.07, 6.45) is 12.4. The molecule has 0 spiro atoms. The number of benzene rings is 8. The van der Waals surface area contributed by atoms with Gasteiger partial charge in [0.1, 0.15) is 11.2 Å². The molecule has 3 aliphatic carbocycles. The first-order chi connectivity index (χ1) is 29.7. The number of rotatable bonds is 6. The van der Waals surface area contributed by atoms with Gasteiger partial charge in [-0.3, -0.25) is 0 Å². The van der Waals surface area contributed by atoms with Gasteiger partial charge >= 0.3 is 0 Å². The standard InChI is InChI=1S/C58H39NO/c1-3-15-43(16-4-1)58(44-17-5-2-6-18-44)54-24-11-9-20-50(54)51-35-34-47(38-55(51)58)59(46-31-27-39-26-28-40-14-7-8-19-48(40)42(36-39)37-46)45-32-29-41(30-33-45)49-22-13-23-53-52-21-10-12-25-56(52)60-57(49)53/h1-35,37-38H,36H2. The van der Waals surface area contributed by atoms with Gasteiger partial charge in [0.15, 0.2) is 0 Å². The lowest BCUT2D eigenvalue weighted by molar-refractivity contribution is 0.670. The van der Waals surface area contributed by atoms with E-state index in [0.717, 1.165) is 56.6 Å². The average Bonchev–Trinajstić information content (AvgIpc) is 3.67. The molecule has 60 heavy (non-hydrogen) atoms. The predicted molar refractivity (Wildman–Crippen MR) is 249 cm³/mol. The Morgan fingerprint density at radius 1 is 0.467 bits per heavy atom. The van der Waals surface area contributed by atoms with Gasteiger partial charge in [-0.25, -0.2) is 0 Å². The zero-order valence-electron chi connectivity index (χ0n) is 32.9. The normalized spacial score (nSPS) is 14.6. The average molecular weight is 766 g/mol. The van der Waals surface area contributed by atoms with E-state index in [-0.39, 0.29) is 0 Å². The molecule has 0 atom stereocenters. The minimum absolute atomic E-state index is 0.512. The Morgan fingerprint density at radius 3 is 1.93 bits per heavy atom. The van der Waals surface area contributed by atoms with Gasteiger partial charge in [-0.1, -0.05) is 182 Å². The Balaban J connectivity index is 1.08. The number of anilines is 2. The van der Waals surface area contributed by atoms with Crippen LogP contribution in [-0.2, 0) is 5.41 Å². The molecule has 2 bridgehead atoms. The number of hydrogen-bond acceptors (Lipinski definition) is 2. The fourth-order valence-corrected chi connectivity index (χ4v) is 10.1. The summed E-state index contributed by atoms with van der Waals surface area (Å²) in [7, 11) is 0. The van der Waals surface area contributed by atoms with E-state index in [0.29, 0.717) is 0 Å². The van der Waals surface area contributed by atoms with Gasteiger partial charge in [-0.15, -0.1) is 0 Å². The molecule has 0 aliphatic heterocycles. The molecule has 0 amide bonds. The second-order valence-electron chi connectivity index (χ2n) is 16.0. The molecule has 0 N–H and O–H groups in total. The predicted octanol–water partition coefficient (Wildman–Crippen LogP) is 15.1. The van der Waals surface area contributed by atoms with Crippen molar-refractivity contribution in [3.8, 4) is 22.3 Å². The van der Waals surface area contributed by atoms with Gasteiger partial charge < -0.3 is 9.32 Å². The molecule has 0 unspecified atom stereocenters. The monoisotopic (exact) mass is 765 g/mol. The number of para-hydroxylation sites is 2. The van der Waals surface area contributed by atoms with Crippen molar-refractivity contribution in [2.45, 2.75) is 11.8 Å². The van der Waals surface area contributed by atoms with Crippen LogP contribution in [0.25, 0.3) is 55.8 Å². The number of hydrogen-bond donors (Lipinski definition) is 0. The van der Waals surface area contributed by atoms with E-state index in [1.807, 2.05) is 6.07 Å². The number of fused-ring (bicyclic) bond motifs is 10. The first kappa shape index (κ1) is 34.4. The first-order valence-corrected chi connectivity index (χ1v) is 20.8. The lowest BCUT2D eigenvalue weighted by atomic mass is 9.67. The van der Waals surface area contributed by atoms with Gasteiger partial charge in [-0.2, -0.15) is 0 Å². The largest absolute Gasteiger partial charge is 0.455 e. The topological polar surface area (TPSA) is 16.4 Å². The summed E-state index contributed by atoms with van der Waals surface area (Å²) >= 11 is 0. The van der Waals surface area contributed by atoms with Crippen molar-refractivity contribution in [1.29, 1.82) is 0 Å². The maximum atomic E-state index is 6.50. The lowest BCUT2D eigenvalue weighted by Gasteiger charge is -2.35. The van der Waals surface area contributed by atoms with Crippen molar-refractivity contribution in [2.75, 3.05) is 4.90 Å².